The summed E-state index contributed by atoms with van der Waals surface area (Å²) in [6.45, 7) is 0. The van der Waals surface area contributed by atoms with Gasteiger partial charge in [0, 0.05) is 16.4 Å². The molecule has 0 fully saturated rings. The lowest BCUT2D eigenvalue weighted by Crippen LogP contribution is -2.14. The van der Waals surface area contributed by atoms with Crippen molar-refractivity contribution in [2.24, 2.45) is 0 Å². The minimum absolute atomic E-state index is 0.0146. The van der Waals surface area contributed by atoms with Crippen LogP contribution >= 0.6 is 11.6 Å². The summed E-state index contributed by atoms with van der Waals surface area (Å²) in [7, 11) is -7.57. The van der Waals surface area contributed by atoms with Crippen molar-refractivity contribution in [3.8, 4) is 0 Å². The molecule has 3 aromatic rings. The van der Waals surface area contributed by atoms with Crippen molar-refractivity contribution >= 4 is 43.0 Å². The molecule has 0 heterocycles. The van der Waals surface area contributed by atoms with Crippen LogP contribution in [-0.4, -0.2) is 16.8 Å². The van der Waals surface area contributed by atoms with Crippen LogP contribution in [0, 0.1) is 0 Å². The van der Waals surface area contributed by atoms with Gasteiger partial charge in [0.1, 0.15) is 0 Å². The topological polar surface area (TPSA) is 92.3 Å². The number of sulfonamides is 2. The molecular weight excluding hydrogens is 408 g/mol. The van der Waals surface area contributed by atoms with Gasteiger partial charge in [0.05, 0.1) is 9.79 Å². The Morgan fingerprint density at radius 2 is 0.963 bits per heavy atom. The zero-order chi connectivity index (χ0) is 19.5. The molecule has 0 atom stereocenters. The Hall–Kier alpha value is -2.55. The summed E-state index contributed by atoms with van der Waals surface area (Å²) in [5.74, 6) is 0. The quantitative estimate of drug-likeness (QED) is 0.629. The summed E-state index contributed by atoms with van der Waals surface area (Å²) in [6.07, 6.45) is 0. The van der Waals surface area contributed by atoms with Gasteiger partial charge in [-0.05, 0) is 60.7 Å². The van der Waals surface area contributed by atoms with Crippen LogP contribution in [0.1, 0.15) is 0 Å². The van der Waals surface area contributed by atoms with Crippen LogP contribution in [0.5, 0.6) is 0 Å². The van der Waals surface area contributed by atoms with E-state index in [4.69, 9.17) is 11.6 Å². The number of hydrogen-bond donors (Lipinski definition) is 2. The van der Waals surface area contributed by atoms with Gasteiger partial charge >= 0.3 is 0 Å². The first-order chi connectivity index (χ1) is 12.8. The van der Waals surface area contributed by atoms with Gasteiger partial charge in [0.25, 0.3) is 20.0 Å². The molecule has 0 saturated carbocycles. The van der Waals surface area contributed by atoms with Gasteiger partial charge in [-0.2, -0.15) is 0 Å². The number of anilines is 2. The predicted molar refractivity (Wildman–Crippen MR) is 106 cm³/mol. The molecule has 9 heteroatoms. The molecule has 0 amide bonds. The first-order valence-electron chi connectivity index (χ1n) is 7.73. The molecule has 2 N–H and O–H groups in total. The number of hydrogen-bond acceptors (Lipinski definition) is 4. The Balaban J connectivity index is 1.78. The van der Waals surface area contributed by atoms with E-state index in [2.05, 4.69) is 9.44 Å². The molecule has 0 aliphatic heterocycles. The molecule has 0 spiro atoms. The zero-order valence-corrected chi connectivity index (χ0v) is 16.2. The molecule has 140 valence electrons. The monoisotopic (exact) mass is 422 g/mol. The molecule has 3 aromatic carbocycles. The number of para-hydroxylation sites is 1. The predicted octanol–water partition coefficient (Wildman–Crippen LogP) is 3.94. The third-order valence-corrected chi connectivity index (χ3v) is 6.61. The van der Waals surface area contributed by atoms with Crippen LogP contribution in [0.25, 0.3) is 0 Å². The van der Waals surface area contributed by atoms with Gasteiger partial charge in [-0.25, -0.2) is 16.8 Å². The maximum absolute atomic E-state index is 12.4. The molecule has 0 aromatic heterocycles. The van der Waals surface area contributed by atoms with Crippen LogP contribution in [-0.2, 0) is 20.0 Å². The van der Waals surface area contributed by atoms with Gasteiger partial charge in [-0.1, -0.05) is 29.8 Å². The lowest BCUT2D eigenvalue weighted by atomic mass is 10.3. The van der Waals surface area contributed by atoms with Gasteiger partial charge in [0.15, 0.2) is 0 Å². The fourth-order valence-electron chi connectivity index (χ4n) is 2.25. The van der Waals surface area contributed by atoms with Gasteiger partial charge in [0.2, 0.25) is 0 Å². The zero-order valence-electron chi connectivity index (χ0n) is 13.8. The second-order valence-electron chi connectivity index (χ2n) is 5.56. The Labute approximate surface area is 162 Å². The van der Waals surface area contributed by atoms with E-state index >= 15 is 0 Å². The molecule has 0 bridgehead atoms. The SMILES string of the molecule is O=S(=O)(Nc1ccc(S(=O)(=O)Nc2ccccc2)cc1)c1ccc(Cl)cc1. The van der Waals surface area contributed by atoms with Crippen molar-refractivity contribution in [2.75, 3.05) is 9.44 Å². The summed E-state index contributed by atoms with van der Waals surface area (Å²) in [5.41, 5.74) is 0.675. The highest BCUT2D eigenvalue weighted by atomic mass is 35.5. The highest BCUT2D eigenvalue weighted by Crippen LogP contribution is 2.21. The Bertz CT molecular complexity index is 1130. The first-order valence-corrected chi connectivity index (χ1v) is 11.1. The smallest absolute Gasteiger partial charge is 0.261 e. The minimum atomic E-state index is -3.80. The van der Waals surface area contributed by atoms with E-state index in [0.717, 1.165) is 0 Å². The van der Waals surface area contributed by atoms with E-state index in [1.165, 1.54) is 48.5 Å². The Morgan fingerprint density at radius 1 is 0.556 bits per heavy atom. The van der Waals surface area contributed by atoms with E-state index in [1.54, 1.807) is 30.3 Å². The molecule has 3 rings (SSSR count). The second kappa shape index (κ2) is 7.59. The average molecular weight is 423 g/mol. The fourth-order valence-corrected chi connectivity index (χ4v) is 4.49. The highest BCUT2D eigenvalue weighted by Gasteiger charge is 2.16. The largest absolute Gasteiger partial charge is 0.280 e. The average Bonchev–Trinajstić information content (AvgIpc) is 2.63. The summed E-state index contributed by atoms with van der Waals surface area (Å²) < 4.78 is 54.3. The van der Waals surface area contributed by atoms with Crippen molar-refractivity contribution in [2.45, 2.75) is 9.79 Å². The van der Waals surface area contributed by atoms with Crippen LogP contribution in [0.15, 0.2) is 88.7 Å². The number of halogens is 1. The van der Waals surface area contributed by atoms with Crippen molar-refractivity contribution in [1.82, 2.24) is 0 Å². The minimum Gasteiger partial charge on any atom is -0.280 e. The third-order valence-electron chi connectivity index (χ3n) is 3.57. The van der Waals surface area contributed by atoms with Crippen LogP contribution in [0.2, 0.25) is 5.02 Å². The summed E-state index contributed by atoms with van der Waals surface area (Å²) in [5, 5.41) is 0.425. The van der Waals surface area contributed by atoms with Crippen molar-refractivity contribution in [3.05, 3.63) is 83.9 Å². The van der Waals surface area contributed by atoms with Gasteiger partial charge in [-0.15, -0.1) is 0 Å². The van der Waals surface area contributed by atoms with E-state index in [-0.39, 0.29) is 15.5 Å². The lowest BCUT2D eigenvalue weighted by Gasteiger charge is -2.10. The van der Waals surface area contributed by atoms with Crippen LogP contribution in [0.4, 0.5) is 11.4 Å². The van der Waals surface area contributed by atoms with E-state index in [0.29, 0.717) is 10.7 Å². The lowest BCUT2D eigenvalue weighted by molar-refractivity contribution is 0.600. The second-order valence-corrected chi connectivity index (χ2v) is 9.36. The maximum Gasteiger partial charge on any atom is 0.261 e. The molecule has 0 radical (unpaired) electrons. The standard InChI is InChI=1S/C18H15ClN2O4S2/c19-14-6-10-17(11-7-14)26(22,23)21-16-8-12-18(13-9-16)27(24,25)20-15-4-2-1-3-5-15/h1-13,20-21H. The van der Waals surface area contributed by atoms with E-state index < -0.39 is 20.0 Å². The third kappa shape index (κ3) is 4.79. The highest BCUT2D eigenvalue weighted by molar-refractivity contribution is 7.93. The molecule has 6 nitrogen and oxygen atoms in total. The molecule has 0 saturated heterocycles. The Morgan fingerprint density at radius 3 is 1.44 bits per heavy atom. The van der Waals surface area contributed by atoms with Crippen LogP contribution in [0.3, 0.4) is 0 Å². The number of benzene rings is 3. The van der Waals surface area contributed by atoms with Crippen molar-refractivity contribution < 1.29 is 16.8 Å². The first kappa shape index (κ1) is 19.2. The fraction of sp³-hybridized carbons (Fsp3) is 0. The molecule has 0 aliphatic rings. The maximum atomic E-state index is 12.4. The number of rotatable bonds is 6. The summed E-state index contributed by atoms with van der Waals surface area (Å²) in [6, 6.07) is 19.6. The molecule has 0 aliphatic carbocycles. The van der Waals surface area contributed by atoms with Crippen LogP contribution < -0.4 is 9.44 Å². The normalized spacial score (nSPS) is 11.7. The van der Waals surface area contributed by atoms with Crippen molar-refractivity contribution in [1.29, 1.82) is 0 Å². The van der Waals surface area contributed by atoms with Gasteiger partial charge in [-0.3, -0.25) is 9.44 Å². The molecule has 0 unspecified atom stereocenters. The summed E-state index contributed by atoms with van der Waals surface area (Å²) >= 11 is 5.76. The molecular formula is C18H15ClN2O4S2. The number of nitrogens with one attached hydrogen (secondary N) is 2. The molecule has 27 heavy (non-hydrogen) atoms. The Kier molecular flexibility index (Phi) is 5.41. The van der Waals surface area contributed by atoms with E-state index in [9.17, 15) is 16.8 Å². The van der Waals surface area contributed by atoms with E-state index in [1.807, 2.05) is 0 Å². The van der Waals surface area contributed by atoms with Gasteiger partial charge < -0.3 is 0 Å². The summed E-state index contributed by atoms with van der Waals surface area (Å²) in [4.78, 5) is 0.0649. The van der Waals surface area contributed by atoms with Crippen molar-refractivity contribution in [3.63, 3.8) is 0 Å².